The third kappa shape index (κ3) is 6.21. The molecule has 5 N–H and O–H groups in total. The Kier molecular flexibility index (Phi) is 8.81. The van der Waals surface area contributed by atoms with Crippen molar-refractivity contribution in [3.05, 3.63) is 102 Å². The van der Waals surface area contributed by atoms with E-state index >= 15 is 0 Å². The monoisotopic (exact) mass is 698 g/mol. The van der Waals surface area contributed by atoms with Crippen molar-refractivity contribution in [1.82, 2.24) is 34.5 Å². The minimum Gasteiger partial charge on any atom is -0.385 e. The van der Waals surface area contributed by atoms with Crippen LogP contribution in [0, 0.1) is 0 Å². The smallest absolute Gasteiger partial charge is 0.256 e. The number of aromatic nitrogens is 4. The van der Waals surface area contributed by atoms with Crippen LogP contribution in [0.5, 0.6) is 0 Å². The van der Waals surface area contributed by atoms with Crippen molar-refractivity contribution in [3.63, 3.8) is 0 Å². The van der Waals surface area contributed by atoms with Gasteiger partial charge in [-0.1, -0.05) is 24.3 Å². The van der Waals surface area contributed by atoms with Gasteiger partial charge in [0.05, 0.1) is 6.04 Å². The van der Waals surface area contributed by atoms with Gasteiger partial charge in [-0.15, -0.1) is 0 Å². The second-order valence-corrected chi connectivity index (χ2v) is 13.3. The van der Waals surface area contributed by atoms with Gasteiger partial charge in [0.1, 0.15) is 34.7 Å². The van der Waals surface area contributed by atoms with E-state index < -0.39 is 11.9 Å². The van der Waals surface area contributed by atoms with E-state index in [0.717, 1.165) is 60.5 Å². The first-order valence-electron chi connectivity index (χ1n) is 17.6. The third-order valence-electron chi connectivity index (χ3n) is 10.1. The van der Waals surface area contributed by atoms with Gasteiger partial charge in [0.25, 0.3) is 11.8 Å². The highest BCUT2D eigenvalue weighted by Gasteiger charge is 2.40. The zero-order valence-corrected chi connectivity index (χ0v) is 28.4. The molecule has 0 aliphatic carbocycles. The molecule has 1 unspecified atom stereocenters. The van der Waals surface area contributed by atoms with E-state index in [4.69, 9.17) is 10.7 Å². The summed E-state index contributed by atoms with van der Waals surface area (Å²) < 4.78 is 2.04. The molecule has 14 heteroatoms. The second kappa shape index (κ2) is 13.9. The van der Waals surface area contributed by atoms with Crippen molar-refractivity contribution in [2.75, 3.05) is 36.0 Å². The number of amides is 4. The van der Waals surface area contributed by atoms with E-state index in [1.54, 1.807) is 47.6 Å². The first-order chi connectivity index (χ1) is 25.4. The van der Waals surface area contributed by atoms with E-state index in [1.807, 2.05) is 40.9 Å². The van der Waals surface area contributed by atoms with Crippen LogP contribution in [0.1, 0.15) is 70.2 Å². The topological polar surface area (TPSA) is 180 Å². The molecule has 0 spiro atoms. The Morgan fingerprint density at radius 1 is 0.962 bits per heavy atom. The minimum absolute atomic E-state index is 0.0761. The van der Waals surface area contributed by atoms with Crippen molar-refractivity contribution < 1.29 is 19.2 Å². The number of fused-ring (bicyclic) bond motifs is 2. The van der Waals surface area contributed by atoms with Gasteiger partial charge in [0.15, 0.2) is 0 Å². The Morgan fingerprint density at radius 2 is 1.83 bits per heavy atom. The molecule has 8 rings (SSSR count). The molecule has 2 fully saturated rings. The third-order valence-corrected chi connectivity index (χ3v) is 10.1. The lowest BCUT2D eigenvalue weighted by molar-refractivity contribution is -0.136. The number of pyridine rings is 1. The molecule has 3 aliphatic rings. The number of anilines is 3. The maximum atomic E-state index is 13.2. The number of nitrogens with zero attached hydrogens (tertiary/aromatic N) is 6. The summed E-state index contributed by atoms with van der Waals surface area (Å²) in [6, 6.07) is 17.7. The predicted octanol–water partition coefficient (Wildman–Crippen LogP) is 4.03. The van der Waals surface area contributed by atoms with Gasteiger partial charge in [-0.2, -0.15) is 0 Å². The number of hydrogen-bond acceptors (Lipinski definition) is 10. The number of nitrogens with one attached hydrogen (secondary N) is 3. The fourth-order valence-corrected chi connectivity index (χ4v) is 7.57. The van der Waals surface area contributed by atoms with Crippen molar-refractivity contribution >= 4 is 46.5 Å². The van der Waals surface area contributed by atoms with Crippen molar-refractivity contribution in [2.24, 2.45) is 0 Å². The number of carbonyl (C=O) groups is 4. The molecule has 5 aromatic rings. The number of likely N-dealkylation sites (tertiary alicyclic amines) is 1. The Labute approximate surface area is 299 Å². The lowest BCUT2D eigenvalue weighted by Gasteiger charge is -2.29. The number of nitrogens with two attached hydrogens (primary N) is 1. The molecule has 2 aromatic carbocycles. The quantitative estimate of drug-likeness (QED) is 0.123. The summed E-state index contributed by atoms with van der Waals surface area (Å²) in [5, 5.41) is 8.71. The highest BCUT2D eigenvalue weighted by atomic mass is 16.2. The van der Waals surface area contributed by atoms with Crippen molar-refractivity contribution in [3.8, 4) is 11.3 Å². The summed E-state index contributed by atoms with van der Waals surface area (Å²) in [6.45, 7) is 2.79. The Balaban J connectivity index is 0.945. The number of imide groups is 1. The van der Waals surface area contributed by atoms with Gasteiger partial charge in [0.2, 0.25) is 11.8 Å². The molecule has 0 radical (unpaired) electrons. The highest BCUT2D eigenvalue weighted by Crippen LogP contribution is 2.37. The van der Waals surface area contributed by atoms with E-state index in [2.05, 4.69) is 30.8 Å². The fourth-order valence-electron chi connectivity index (χ4n) is 7.57. The summed E-state index contributed by atoms with van der Waals surface area (Å²) in [5.74, 6) is 0.611. The Bertz CT molecular complexity index is 2190. The average molecular weight is 699 g/mol. The maximum Gasteiger partial charge on any atom is 0.256 e. The molecule has 2 atom stereocenters. The first-order valence-corrected chi connectivity index (χ1v) is 17.6. The van der Waals surface area contributed by atoms with E-state index in [0.29, 0.717) is 48.0 Å². The van der Waals surface area contributed by atoms with Crippen LogP contribution in [0.4, 0.5) is 17.3 Å². The summed E-state index contributed by atoms with van der Waals surface area (Å²) in [4.78, 5) is 68.0. The molecule has 52 heavy (non-hydrogen) atoms. The van der Waals surface area contributed by atoms with E-state index in [1.165, 1.54) is 0 Å². The molecule has 3 aromatic heterocycles. The van der Waals surface area contributed by atoms with Crippen LogP contribution < -0.4 is 21.7 Å². The molecule has 264 valence electrons. The summed E-state index contributed by atoms with van der Waals surface area (Å²) in [7, 11) is 0. The van der Waals surface area contributed by atoms with Crippen LogP contribution >= 0.6 is 0 Å². The summed E-state index contributed by atoms with van der Waals surface area (Å²) in [6.07, 6.45) is 8.61. The van der Waals surface area contributed by atoms with Gasteiger partial charge in [-0.25, -0.2) is 15.0 Å². The van der Waals surface area contributed by atoms with Crippen LogP contribution in [-0.2, 0) is 16.1 Å². The van der Waals surface area contributed by atoms with Gasteiger partial charge < -0.3 is 21.3 Å². The minimum atomic E-state index is -0.647. The summed E-state index contributed by atoms with van der Waals surface area (Å²) in [5.41, 5.74) is 11.6. The Hall–Kier alpha value is -6.15. The molecule has 3 aliphatic heterocycles. The molecule has 4 amide bonds. The second-order valence-electron chi connectivity index (χ2n) is 13.3. The number of carbonyl (C=O) groups excluding carboxylic acids is 4. The zero-order valence-electron chi connectivity index (χ0n) is 28.4. The summed E-state index contributed by atoms with van der Waals surface area (Å²) >= 11 is 0. The normalized spacial score (nSPS) is 18.8. The van der Waals surface area contributed by atoms with Crippen LogP contribution in [-0.4, -0.2) is 78.5 Å². The number of imidazole rings is 1. The molecule has 14 nitrogen and oxygen atoms in total. The number of rotatable bonds is 10. The van der Waals surface area contributed by atoms with Gasteiger partial charge in [-0.05, 0) is 68.6 Å². The first kappa shape index (κ1) is 33.0. The Morgan fingerprint density at radius 3 is 2.63 bits per heavy atom. The predicted molar refractivity (Wildman–Crippen MR) is 194 cm³/mol. The molecule has 0 saturated carbocycles. The number of hydrogen-bond donors (Lipinski definition) is 4. The fraction of sp³-hybridized carbons (Fsp3) is 0.289. The molecule has 2 saturated heterocycles. The number of benzene rings is 2. The maximum absolute atomic E-state index is 13.2. The van der Waals surface area contributed by atoms with Gasteiger partial charge in [0, 0.05) is 72.6 Å². The van der Waals surface area contributed by atoms with Crippen molar-refractivity contribution in [1.29, 1.82) is 0 Å². The zero-order chi connectivity index (χ0) is 35.8. The van der Waals surface area contributed by atoms with Gasteiger partial charge >= 0.3 is 0 Å². The molecule has 6 heterocycles. The average Bonchev–Trinajstić information content (AvgIpc) is 3.87. The molecule has 0 bridgehead atoms. The van der Waals surface area contributed by atoms with Crippen LogP contribution in [0.15, 0.2) is 79.3 Å². The SMILES string of the molecule is Nc1nccn2c([C@@H]3CCCN3CCCNc3cccc4c3CN(C3CCC(=O)NC3=O)C4=O)nc(-c3ccc(C(=O)Nc4ccccn4)cc3)c12. The van der Waals surface area contributed by atoms with E-state index in [-0.39, 0.29) is 30.2 Å². The standard InChI is InChI=1S/C38H38N10O4/c39-34-33-32(23-10-12-24(13-11-23)36(50)43-30-9-1-2-16-41-30)45-35(47(33)21-18-42-34)28-8-4-19-46(28)20-5-17-40-27-7-3-6-25-26(27)22-48(38(25)52)29-14-15-31(49)44-37(29)51/h1-3,6-7,9-13,16,18,21,28-29,40H,4-5,8,14-15,17,19-20,22H2,(H2,39,42)(H,41,43,50)(H,44,49,51)/t28-,29?/m0/s1. The van der Waals surface area contributed by atoms with Crippen LogP contribution in [0.3, 0.4) is 0 Å². The van der Waals surface area contributed by atoms with Crippen LogP contribution in [0.2, 0.25) is 0 Å². The lowest BCUT2D eigenvalue weighted by atomic mass is 10.0. The van der Waals surface area contributed by atoms with E-state index in [9.17, 15) is 19.2 Å². The van der Waals surface area contributed by atoms with Gasteiger partial charge in [-0.3, -0.25) is 33.8 Å². The lowest BCUT2D eigenvalue weighted by Crippen LogP contribution is -2.52. The highest BCUT2D eigenvalue weighted by molar-refractivity contribution is 6.06. The van der Waals surface area contributed by atoms with Crippen molar-refractivity contribution in [2.45, 2.75) is 50.7 Å². The largest absolute Gasteiger partial charge is 0.385 e. The van der Waals surface area contributed by atoms with Crippen LogP contribution in [0.25, 0.3) is 16.8 Å². The molecular formula is C38H38N10O4. The number of piperidine rings is 1. The molecular weight excluding hydrogens is 660 g/mol. The number of nitrogen functional groups attached to an aromatic ring is 1.